The largest absolute Gasteiger partial charge is 0.338 e. The first-order valence-electron chi connectivity index (χ1n) is 7.64. The third-order valence-electron chi connectivity index (χ3n) is 3.32. The van der Waals surface area contributed by atoms with Gasteiger partial charge in [0.2, 0.25) is 10.0 Å². The lowest BCUT2D eigenvalue weighted by atomic mass is 10.2. The van der Waals surface area contributed by atoms with Crippen LogP contribution >= 0.6 is 0 Å². The number of aromatic nitrogens is 1. The lowest BCUT2D eigenvalue weighted by molar-refractivity contribution is 0.237. The molecular formula is C15H26N4O3S. The average molecular weight is 342 g/mol. The highest BCUT2D eigenvalue weighted by Gasteiger charge is 2.19. The summed E-state index contributed by atoms with van der Waals surface area (Å²) in [5.74, 6) is 0. The average Bonchev–Trinajstić information content (AvgIpc) is 2.46. The van der Waals surface area contributed by atoms with Gasteiger partial charge in [-0.25, -0.2) is 13.2 Å². The molecule has 23 heavy (non-hydrogen) atoms. The van der Waals surface area contributed by atoms with Crippen LogP contribution in [0.4, 0.5) is 4.79 Å². The molecule has 1 aromatic rings. The summed E-state index contributed by atoms with van der Waals surface area (Å²) < 4.78 is 24.7. The number of hydrogen-bond acceptors (Lipinski definition) is 4. The zero-order valence-electron chi connectivity index (χ0n) is 14.1. The third kappa shape index (κ3) is 6.96. The van der Waals surface area contributed by atoms with Gasteiger partial charge in [-0.05, 0) is 39.3 Å². The smallest absolute Gasteiger partial charge is 0.315 e. The Kier molecular flexibility index (Phi) is 7.44. The molecule has 0 saturated heterocycles. The van der Waals surface area contributed by atoms with Crippen molar-refractivity contribution in [2.24, 2.45) is 0 Å². The number of carbonyl (C=O) groups excluding carboxylic acids is 1. The molecule has 8 heteroatoms. The number of carbonyl (C=O) groups is 1. The second-order valence-corrected chi connectivity index (χ2v) is 7.63. The minimum absolute atomic E-state index is 0.0944. The molecule has 0 saturated carbocycles. The van der Waals surface area contributed by atoms with Crippen molar-refractivity contribution in [2.45, 2.75) is 39.3 Å². The Labute approximate surface area is 138 Å². The number of nitrogens with zero attached hydrogens (tertiary/aromatic N) is 2. The van der Waals surface area contributed by atoms with Gasteiger partial charge in [0.25, 0.3) is 0 Å². The number of amides is 2. The maximum Gasteiger partial charge on any atom is 0.315 e. The van der Waals surface area contributed by atoms with Crippen molar-refractivity contribution >= 4 is 16.1 Å². The Morgan fingerprint density at radius 2 is 2.00 bits per heavy atom. The van der Waals surface area contributed by atoms with Crippen molar-refractivity contribution in [3.63, 3.8) is 0 Å². The Balaban J connectivity index is 2.34. The zero-order chi connectivity index (χ0) is 17.5. The minimum atomic E-state index is -3.22. The van der Waals surface area contributed by atoms with Crippen molar-refractivity contribution in [1.29, 1.82) is 0 Å². The summed E-state index contributed by atoms with van der Waals surface area (Å²) in [4.78, 5) is 16.0. The van der Waals surface area contributed by atoms with E-state index >= 15 is 0 Å². The molecule has 0 aliphatic rings. The molecule has 1 unspecified atom stereocenters. The van der Waals surface area contributed by atoms with E-state index in [1.165, 1.54) is 10.6 Å². The Bertz CT molecular complexity index is 590. The van der Waals surface area contributed by atoms with E-state index in [0.29, 0.717) is 19.5 Å². The lowest BCUT2D eigenvalue weighted by Crippen LogP contribution is -2.40. The van der Waals surface area contributed by atoms with Crippen molar-refractivity contribution in [3.05, 3.63) is 30.1 Å². The van der Waals surface area contributed by atoms with E-state index in [9.17, 15) is 13.2 Å². The number of urea groups is 1. The monoisotopic (exact) mass is 342 g/mol. The molecule has 130 valence electrons. The normalized spacial score (nSPS) is 13.1. The fourth-order valence-electron chi connectivity index (χ4n) is 2.20. The molecule has 0 aliphatic carbocycles. The fraction of sp³-hybridized carbons (Fsp3) is 0.600. The number of hydrogen-bond donors (Lipinski definition) is 2. The molecule has 1 atom stereocenters. The van der Waals surface area contributed by atoms with Crippen LogP contribution in [0.3, 0.4) is 0 Å². The number of rotatable bonds is 8. The Morgan fingerprint density at radius 1 is 1.30 bits per heavy atom. The van der Waals surface area contributed by atoms with Gasteiger partial charge in [-0.2, -0.15) is 4.31 Å². The zero-order valence-corrected chi connectivity index (χ0v) is 14.9. The lowest BCUT2D eigenvalue weighted by Gasteiger charge is -2.23. The van der Waals surface area contributed by atoms with Crippen LogP contribution in [0.25, 0.3) is 0 Å². The van der Waals surface area contributed by atoms with Crippen LogP contribution in [0, 0.1) is 0 Å². The number of nitrogens with one attached hydrogen (secondary N) is 2. The molecule has 0 aromatic carbocycles. The van der Waals surface area contributed by atoms with Gasteiger partial charge >= 0.3 is 6.03 Å². The maximum absolute atomic E-state index is 11.8. The second-order valence-electron chi connectivity index (χ2n) is 5.70. The van der Waals surface area contributed by atoms with Gasteiger partial charge in [0, 0.05) is 25.3 Å². The van der Waals surface area contributed by atoms with Gasteiger partial charge in [-0.15, -0.1) is 0 Å². The summed E-state index contributed by atoms with van der Waals surface area (Å²) >= 11 is 0. The SMILES string of the molecule is CC(NC(=O)NCCCN(C(C)C)S(C)(=O)=O)c1ccccn1. The fourth-order valence-corrected chi connectivity index (χ4v) is 3.42. The molecule has 0 bridgehead atoms. The predicted octanol–water partition coefficient (Wildman–Crippen LogP) is 1.50. The number of pyridine rings is 1. The van der Waals surface area contributed by atoms with Crippen LogP contribution < -0.4 is 10.6 Å². The van der Waals surface area contributed by atoms with Crippen LogP contribution in [-0.4, -0.2) is 49.1 Å². The first kappa shape index (κ1) is 19.4. The molecular weight excluding hydrogens is 316 g/mol. The summed E-state index contributed by atoms with van der Waals surface area (Å²) in [7, 11) is -3.22. The molecule has 0 fully saturated rings. The summed E-state index contributed by atoms with van der Waals surface area (Å²) in [6, 6.07) is 4.95. The highest BCUT2D eigenvalue weighted by Crippen LogP contribution is 2.07. The van der Waals surface area contributed by atoms with Crippen molar-refractivity contribution in [1.82, 2.24) is 19.9 Å². The number of sulfonamides is 1. The highest BCUT2D eigenvalue weighted by molar-refractivity contribution is 7.88. The van der Waals surface area contributed by atoms with Gasteiger partial charge in [-0.1, -0.05) is 6.07 Å². The van der Waals surface area contributed by atoms with E-state index in [4.69, 9.17) is 0 Å². The van der Waals surface area contributed by atoms with E-state index in [1.807, 2.05) is 39.0 Å². The maximum atomic E-state index is 11.8. The van der Waals surface area contributed by atoms with Crippen LogP contribution in [0.15, 0.2) is 24.4 Å². The molecule has 2 amide bonds. The van der Waals surface area contributed by atoms with Gasteiger partial charge < -0.3 is 10.6 Å². The van der Waals surface area contributed by atoms with Crippen LogP contribution in [0.2, 0.25) is 0 Å². The molecule has 7 nitrogen and oxygen atoms in total. The Morgan fingerprint density at radius 3 is 2.52 bits per heavy atom. The van der Waals surface area contributed by atoms with E-state index < -0.39 is 10.0 Å². The van der Waals surface area contributed by atoms with Crippen molar-refractivity contribution in [3.8, 4) is 0 Å². The van der Waals surface area contributed by atoms with Crippen molar-refractivity contribution < 1.29 is 13.2 Å². The predicted molar refractivity (Wildman–Crippen MR) is 90.5 cm³/mol. The van der Waals surface area contributed by atoms with Gasteiger partial charge in [-0.3, -0.25) is 4.98 Å². The summed E-state index contributed by atoms with van der Waals surface area (Å²) in [5, 5.41) is 5.52. The molecule has 0 aliphatic heterocycles. The van der Waals surface area contributed by atoms with E-state index in [-0.39, 0.29) is 18.1 Å². The van der Waals surface area contributed by atoms with Crippen molar-refractivity contribution in [2.75, 3.05) is 19.3 Å². The van der Waals surface area contributed by atoms with Crippen LogP contribution in [0.1, 0.15) is 38.9 Å². The van der Waals surface area contributed by atoms with Crippen LogP contribution in [0.5, 0.6) is 0 Å². The van der Waals surface area contributed by atoms with Gasteiger partial charge in [0.05, 0.1) is 18.0 Å². The summed E-state index contributed by atoms with van der Waals surface area (Å²) in [6.45, 7) is 6.30. The minimum Gasteiger partial charge on any atom is -0.338 e. The molecule has 0 spiro atoms. The van der Waals surface area contributed by atoms with E-state index in [1.54, 1.807) is 6.20 Å². The Hall–Kier alpha value is -1.67. The van der Waals surface area contributed by atoms with Gasteiger partial charge in [0.1, 0.15) is 0 Å². The third-order valence-corrected chi connectivity index (χ3v) is 4.78. The molecule has 0 radical (unpaired) electrons. The molecule has 2 N–H and O–H groups in total. The standard InChI is InChI=1S/C15H26N4O3S/c1-12(2)19(23(4,21)22)11-7-10-17-15(20)18-13(3)14-8-5-6-9-16-14/h5-6,8-9,12-13H,7,10-11H2,1-4H3,(H2,17,18,20). The molecule has 1 heterocycles. The molecule has 1 aromatic heterocycles. The first-order chi connectivity index (χ1) is 10.7. The second kappa shape index (κ2) is 8.83. The van der Waals surface area contributed by atoms with Gasteiger partial charge in [0.15, 0.2) is 0 Å². The van der Waals surface area contributed by atoms with Crippen LogP contribution in [-0.2, 0) is 10.0 Å². The first-order valence-corrected chi connectivity index (χ1v) is 9.48. The molecule has 1 rings (SSSR count). The quantitative estimate of drug-likeness (QED) is 0.701. The summed E-state index contributed by atoms with van der Waals surface area (Å²) in [6.07, 6.45) is 3.43. The van der Waals surface area contributed by atoms with E-state index in [2.05, 4.69) is 15.6 Å². The summed E-state index contributed by atoms with van der Waals surface area (Å²) in [5.41, 5.74) is 0.783. The van der Waals surface area contributed by atoms with E-state index in [0.717, 1.165) is 5.69 Å². The highest BCUT2D eigenvalue weighted by atomic mass is 32.2. The topological polar surface area (TPSA) is 91.4 Å².